The van der Waals surface area contributed by atoms with Gasteiger partial charge in [0.15, 0.2) is 11.5 Å². The highest BCUT2D eigenvalue weighted by Gasteiger charge is 2.15. The van der Waals surface area contributed by atoms with Crippen molar-refractivity contribution in [2.24, 2.45) is 0 Å². The van der Waals surface area contributed by atoms with Crippen molar-refractivity contribution in [3.63, 3.8) is 0 Å². The molecule has 6 nitrogen and oxygen atoms in total. The van der Waals surface area contributed by atoms with Gasteiger partial charge in [-0.05, 0) is 36.8 Å². The lowest BCUT2D eigenvalue weighted by molar-refractivity contribution is 0.355. The summed E-state index contributed by atoms with van der Waals surface area (Å²) in [5.41, 5.74) is 9.15. The van der Waals surface area contributed by atoms with E-state index in [1.165, 1.54) is 0 Å². The van der Waals surface area contributed by atoms with Crippen LogP contribution in [-0.2, 0) is 0 Å². The molecule has 0 saturated carbocycles. The largest absolute Gasteiger partial charge is 0.493 e. The maximum atomic E-state index is 5.93. The van der Waals surface area contributed by atoms with Gasteiger partial charge < -0.3 is 19.7 Å². The highest BCUT2D eigenvalue weighted by Crippen LogP contribution is 2.33. The first kappa shape index (κ1) is 14.9. The molecule has 0 saturated heterocycles. The molecule has 3 rings (SSSR count). The normalized spacial score (nSPS) is 10.6. The van der Waals surface area contributed by atoms with Gasteiger partial charge in [0.05, 0.1) is 14.2 Å². The highest BCUT2D eigenvalue weighted by molar-refractivity contribution is 5.69. The maximum Gasteiger partial charge on any atom is 0.258 e. The van der Waals surface area contributed by atoms with Crippen LogP contribution in [-0.4, -0.2) is 24.4 Å². The summed E-state index contributed by atoms with van der Waals surface area (Å²) in [6.45, 7) is 1.93. The summed E-state index contributed by atoms with van der Waals surface area (Å²) in [6, 6.07) is 11.0. The molecule has 6 heteroatoms. The number of methoxy groups -OCH3 is 2. The molecule has 0 spiro atoms. The minimum Gasteiger partial charge on any atom is -0.493 e. The van der Waals surface area contributed by atoms with Crippen molar-refractivity contribution in [3.05, 3.63) is 42.0 Å². The Balaban J connectivity index is 2.01. The lowest BCUT2D eigenvalue weighted by Gasteiger charge is -2.07. The Morgan fingerprint density at radius 3 is 2.57 bits per heavy atom. The van der Waals surface area contributed by atoms with Crippen LogP contribution in [0.15, 0.2) is 40.9 Å². The van der Waals surface area contributed by atoms with Crippen LogP contribution in [0, 0.1) is 6.92 Å². The molecule has 0 amide bonds. The van der Waals surface area contributed by atoms with Gasteiger partial charge in [-0.3, -0.25) is 0 Å². The lowest BCUT2D eigenvalue weighted by Crippen LogP contribution is -1.93. The fourth-order valence-electron chi connectivity index (χ4n) is 2.32. The fourth-order valence-corrected chi connectivity index (χ4v) is 2.32. The van der Waals surface area contributed by atoms with Crippen molar-refractivity contribution in [3.8, 4) is 34.3 Å². The minimum atomic E-state index is 0.405. The predicted molar refractivity (Wildman–Crippen MR) is 87.4 cm³/mol. The highest BCUT2D eigenvalue weighted by atomic mass is 16.5. The van der Waals surface area contributed by atoms with E-state index in [0.717, 1.165) is 16.7 Å². The van der Waals surface area contributed by atoms with Crippen LogP contribution >= 0.6 is 0 Å². The van der Waals surface area contributed by atoms with Gasteiger partial charge >= 0.3 is 0 Å². The Bertz CT molecular complexity index is 843. The lowest BCUT2D eigenvalue weighted by atomic mass is 10.1. The number of rotatable bonds is 4. The monoisotopic (exact) mass is 311 g/mol. The fraction of sp³-hybridized carbons (Fsp3) is 0.176. The van der Waals surface area contributed by atoms with E-state index in [9.17, 15) is 0 Å². The Labute approximate surface area is 133 Å². The standard InChI is InChI=1S/C17H17N3O3/c1-10-12(5-4-6-13(10)18)16-19-17(23-20-16)11-7-8-14(21-2)15(9-11)22-3/h4-9H,18H2,1-3H3. The van der Waals surface area contributed by atoms with Crippen LogP contribution in [0.25, 0.3) is 22.8 Å². The molecule has 0 aliphatic rings. The zero-order valence-electron chi connectivity index (χ0n) is 13.2. The van der Waals surface area contributed by atoms with Crippen molar-refractivity contribution < 1.29 is 14.0 Å². The second kappa shape index (κ2) is 6.00. The molecule has 1 aromatic heterocycles. The van der Waals surface area contributed by atoms with E-state index in [1.54, 1.807) is 26.4 Å². The number of hydrogen-bond acceptors (Lipinski definition) is 6. The number of benzene rings is 2. The summed E-state index contributed by atoms with van der Waals surface area (Å²) in [6.07, 6.45) is 0. The molecule has 3 aromatic rings. The van der Waals surface area contributed by atoms with Crippen molar-refractivity contribution >= 4 is 5.69 Å². The van der Waals surface area contributed by atoms with Gasteiger partial charge in [0, 0.05) is 16.8 Å². The van der Waals surface area contributed by atoms with Gasteiger partial charge in [-0.1, -0.05) is 17.3 Å². The Hall–Kier alpha value is -3.02. The number of anilines is 1. The van der Waals surface area contributed by atoms with Crippen LogP contribution in [0.4, 0.5) is 5.69 Å². The Kier molecular flexibility index (Phi) is 3.89. The van der Waals surface area contributed by atoms with Crippen molar-refractivity contribution in [2.75, 3.05) is 20.0 Å². The molecule has 1 heterocycles. The number of hydrogen-bond donors (Lipinski definition) is 1. The summed E-state index contributed by atoms with van der Waals surface area (Å²) in [5, 5.41) is 4.05. The Morgan fingerprint density at radius 2 is 1.83 bits per heavy atom. The second-order valence-corrected chi connectivity index (χ2v) is 5.01. The molecule has 0 aliphatic carbocycles. The van der Waals surface area contributed by atoms with Crippen LogP contribution < -0.4 is 15.2 Å². The van der Waals surface area contributed by atoms with Gasteiger partial charge in [-0.15, -0.1) is 0 Å². The van der Waals surface area contributed by atoms with E-state index < -0.39 is 0 Å². The van der Waals surface area contributed by atoms with E-state index in [0.29, 0.717) is 28.9 Å². The molecule has 2 aromatic carbocycles. The topological polar surface area (TPSA) is 83.4 Å². The number of aromatic nitrogens is 2. The van der Waals surface area contributed by atoms with Crippen molar-refractivity contribution in [2.45, 2.75) is 6.92 Å². The first-order chi connectivity index (χ1) is 11.1. The molecule has 0 bridgehead atoms. The van der Waals surface area contributed by atoms with E-state index >= 15 is 0 Å². The molecule has 0 aliphatic heterocycles. The van der Waals surface area contributed by atoms with Crippen LogP contribution in [0.5, 0.6) is 11.5 Å². The molecule has 0 atom stereocenters. The number of ether oxygens (including phenoxy) is 2. The van der Waals surface area contributed by atoms with Gasteiger partial charge in [-0.25, -0.2) is 0 Å². The quantitative estimate of drug-likeness (QED) is 0.744. The molecular weight excluding hydrogens is 294 g/mol. The molecule has 23 heavy (non-hydrogen) atoms. The SMILES string of the molecule is COc1ccc(-c2nc(-c3cccc(N)c3C)no2)cc1OC. The maximum absolute atomic E-state index is 5.93. The third kappa shape index (κ3) is 2.70. The smallest absolute Gasteiger partial charge is 0.258 e. The Morgan fingerprint density at radius 1 is 1.04 bits per heavy atom. The number of nitrogens with two attached hydrogens (primary N) is 1. The molecule has 2 N–H and O–H groups in total. The predicted octanol–water partition coefficient (Wildman–Crippen LogP) is 3.31. The van der Waals surface area contributed by atoms with Gasteiger partial charge in [0.2, 0.25) is 5.82 Å². The van der Waals surface area contributed by atoms with E-state index in [1.807, 2.05) is 31.2 Å². The third-order valence-corrected chi connectivity index (χ3v) is 3.67. The van der Waals surface area contributed by atoms with Gasteiger partial charge in [0.25, 0.3) is 5.89 Å². The van der Waals surface area contributed by atoms with E-state index in [2.05, 4.69) is 10.1 Å². The summed E-state index contributed by atoms with van der Waals surface area (Å²) in [7, 11) is 3.17. The summed E-state index contributed by atoms with van der Waals surface area (Å²) in [4.78, 5) is 4.45. The van der Waals surface area contributed by atoms with Gasteiger partial charge in [-0.2, -0.15) is 4.98 Å². The molecular formula is C17H17N3O3. The van der Waals surface area contributed by atoms with Crippen molar-refractivity contribution in [1.29, 1.82) is 0 Å². The first-order valence-electron chi connectivity index (χ1n) is 7.05. The zero-order chi connectivity index (χ0) is 16.4. The van der Waals surface area contributed by atoms with Crippen molar-refractivity contribution in [1.82, 2.24) is 10.1 Å². The first-order valence-corrected chi connectivity index (χ1v) is 7.05. The molecule has 0 radical (unpaired) electrons. The zero-order valence-corrected chi connectivity index (χ0v) is 13.2. The van der Waals surface area contributed by atoms with E-state index in [4.69, 9.17) is 19.7 Å². The summed E-state index contributed by atoms with van der Waals surface area (Å²) in [5.74, 6) is 2.15. The minimum absolute atomic E-state index is 0.405. The molecule has 0 unspecified atom stereocenters. The molecule has 0 fully saturated rings. The van der Waals surface area contributed by atoms with Crippen LogP contribution in [0.2, 0.25) is 0 Å². The van der Waals surface area contributed by atoms with E-state index in [-0.39, 0.29) is 0 Å². The van der Waals surface area contributed by atoms with Gasteiger partial charge in [0.1, 0.15) is 0 Å². The number of nitrogens with zero attached hydrogens (tertiary/aromatic N) is 2. The second-order valence-electron chi connectivity index (χ2n) is 5.01. The summed E-state index contributed by atoms with van der Waals surface area (Å²) < 4.78 is 15.9. The van der Waals surface area contributed by atoms with Crippen LogP contribution in [0.3, 0.4) is 0 Å². The molecule has 118 valence electrons. The average molecular weight is 311 g/mol. The average Bonchev–Trinajstić information content (AvgIpc) is 3.06. The van der Waals surface area contributed by atoms with Crippen LogP contribution in [0.1, 0.15) is 5.56 Å². The number of nitrogen functional groups attached to an aromatic ring is 1. The third-order valence-electron chi connectivity index (χ3n) is 3.67. The summed E-state index contributed by atoms with van der Waals surface area (Å²) >= 11 is 0.